The van der Waals surface area contributed by atoms with Crippen molar-refractivity contribution in [2.75, 3.05) is 11.4 Å². The van der Waals surface area contributed by atoms with Crippen molar-refractivity contribution in [2.24, 2.45) is 11.8 Å². The Morgan fingerprint density at radius 1 is 1.38 bits per heavy atom. The van der Waals surface area contributed by atoms with Crippen molar-refractivity contribution in [2.45, 2.75) is 18.6 Å². The second-order valence-corrected chi connectivity index (χ2v) is 6.00. The molecule has 0 saturated carbocycles. The summed E-state index contributed by atoms with van der Waals surface area (Å²) in [6.45, 7) is 2.37. The highest BCUT2D eigenvalue weighted by atomic mass is 16.5. The molecule has 2 fully saturated rings. The third kappa shape index (κ3) is 1.55. The van der Waals surface area contributed by atoms with Crippen LogP contribution in [-0.2, 0) is 14.3 Å². The second-order valence-electron chi connectivity index (χ2n) is 6.00. The number of benzene rings is 1. The molecule has 3 aliphatic heterocycles. The Balaban J connectivity index is 1.73. The molecule has 1 aromatic rings. The number of carboxylic acids is 1. The third-order valence-electron chi connectivity index (χ3n) is 4.73. The van der Waals surface area contributed by atoms with Gasteiger partial charge in [-0.2, -0.15) is 0 Å². The maximum absolute atomic E-state index is 12.7. The second kappa shape index (κ2) is 3.95. The van der Waals surface area contributed by atoms with E-state index < -0.39 is 29.5 Å². The zero-order valence-corrected chi connectivity index (χ0v) is 11.5. The lowest BCUT2D eigenvalue weighted by atomic mass is 9.77. The van der Waals surface area contributed by atoms with Gasteiger partial charge in [0.2, 0.25) is 5.91 Å². The first-order valence-corrected chi connectivity index (χ1v) is 7.00. The lowest BCUT2D eigenvalue weighted by Gasteiger charge is -2.21. The van der Waals surface area contributed by atoms with Crippen LogP contribution in [0.1, 0.15) is 5.56 Å². The number of ether oxygens (including phenoxy) is 1. The molecule has 5 nitrogen and oxygen atoms in total. The van der Waals surface area contributed by atoms with Crippen LogP contribution in [0, 0.1) is 18.8 Å². The number of amides is 1. The maximum atomic E-state index is 12.7. The van der Waals surface area contributed by atoms with Crippen molar-refractivity contribution in [1.29, 1.82) is 0 Å². The first-order valence-electron chi connectivity index (χ1n) is 7.00. The fourth-order valence-corrected chi connectivity index (χ4v) is 3.72. The number of nitrogens with zero attached hydrogens (tertiary/aromatic N) is 1. The van der Waals surface area contributed by atoms with Crippen molar-refractivity contribution < 1.29 is 19.4 Å². The topological polar surface area (TPSA) is 66.8 Å². The van der Waals surface area contributed by atoms with Crippen LogP contribution in [0.2, 0.25) is 0 Å². The molecule has 4 rings (SSSR count). The molecule has 2 saturated heterocycles. The van der Waals surface area contributed by atoms with E-state index in [1.54, 1.807) is 11.0 Å². The minimum Gasteiger partial charge on any atom is -0.481 e. The van der Waals surface area contributed by atoms with Gasteiger partial charge in [-0.25, -0.2) is 0 Å². The third-order valence-corrected chi connectivity index (χ3v) is 4.73. The van der Waals surface area contributed by atoms with Crippen LogP contribution in [-0.4, -0.2) is 35.2 Å². The summed E-state index contributed by atoms with van der Waals surface area (Å²) in [5.41, 5.74) is 1.14. The van der Waals surface area contributed by atoms with E-state index in [0.29, 0.717) is 6.54 Å². The molecule has 1 N–H and O–H groups in total. The average Bonchev–Trinajstić information content (AvgIpc) is 3.08. The lowest BCUT2D eigenvalue weighted by Crippen LogP contribution is -2.39. The summed E-state index contributed by atoms with van der Waals surface area (Å²) in [7, 11) is 0. The standard InChI is InChI=1S/C16H15NO4/c1-9-2-4-10(5-3-9)17-8-16-7-6-11(21-16)12(15(19)20)13(16)14(17)18/h2-7,11-13H,8H2,1H3,(H,19,20)/t11-,12-,13-,16+/m1/s1. The van der Waals surface area contributed by atoms with Crippen molar-refractivity contribution in [1.82, 2.24) is 0 Å². The first-order chi connectivity index (χ1) is 10.0. The maximum Gasteiger partial charge on any atom is 0.310 e. The van der Waals surface area contributed by atoms with Gasteiger partial charge in [0, 0.05) is 5.69 Å². The Bertz CT molecular complexity index is 665. The van der Waals surface area contributed by atoms with Crippen LogP contribution in [0.3, 0.4) is 0 Å². The Morgan fingerprint density at radius 3 is 2.76 bits per heavy atom. The molecule has 21 heavy (non-hydrogen) atoms. The van der Waals surface area contributed by atoms with Gasteiger partial charge >= 0.3 is 5.97 Å². The summed E-state index contributed by atoms with van der Waals surface area (Å²) < 4.78 is 5.85. The molecule has 108 valence electrons. The summed E-state index contributed by atoms with van der Waals surface area (Å²) in [5.74, 6) is -2.52. The summed E-state index contributed by atoms with van der Waals surface area (Å²) in [6.07, 6.45) is 3.17. The molecule has 4 atom stereocenters. The van der Waals surface area contributed by atoms with E-state index >= 15 is 0 Å². The highest BCUT2D eigenvalue weighted by Gasteiger charge is 2.67. The van der Waals surface area contributed by atoms with Crippen LogP contribution in [0.4, 0.5) is 5.69 Å². The van der Waals surface area contributed by atoms with Gasteiger partial charge in [0.15, 0.2) is 0 Å². The highest BCUT2D eigenvalue weighted by Crippen LogP contribution is 2.52. The van der Waals surface area contributed by atoms with E-state index in [1.165, 1.54) is 0 Å². The number of aryl methyl sites for hydroxylation is 1. The van der Waals surface area contributed by atoms with Crippen molar-refractivity contribution in [3.05, 3.63) is 42.0 Å². The minimum atomic E-state index is -0.963. The van der Waals surface area contributed by atoms with Crippen molar-refractivity contribution in [3.63, 3.8) is 0 Å². The molecule has 2 bridgehead atoms. The Morgan fingerprint density at radius 2 is 2.10 bits per heavy atom. The van der Waals surface area contributed by atoms with Gasteiger partial charge in [0.1, 0.15) is 11.5 Å². The lowest BCUT2D eigenvalue weighted by molar-refractivity contribution is -0.146. The van der Waals surface area contributed by atoms with Gasteiger partial charge in [-0.3, -0.25) is 9.59 Å². The number of hydrogen-bond acceptors (Lipinski definition) is 3. The number of fused-ring (bicyclic) bond motifs is 1. The minimum absolute atomic E-state index is 0.155. The van der Waals surface area contributed by atoms with Crippen LogP contribution >= 0.6 is 0 Å². The fourth-order valence-electron chi connectivity index (χ4n) is 3.72. The largest absolute Gasteiger partial charge is 0.481 e. The van der Waals surface area contributed by atoms with Gasteiger partial charge in [-0.1, -0.05) is 29.8 Å². The van der Waals surface area contributed by atoms with E-state index in [1.807, 2.05) is 37.3 Å². The molecule has 0 radical (unpaired) electrons. The van der Waals surface area contributed by atoms with Crippen LogP contribution in [0.5, 0.6) is 0 Å². The van der Waals surface area contributed by atoms with Crippen molar-refractivity contribution in [3.8, 4) is 0 Å². The predicted octanol–water partition coefficient (Wildman–Crippen LogP) is 1.37. The zero-order chi connectivity index (χ0) is 14.8. The molecular weight excluding hydrogens is 270 g/mol. The van der Waals surface area contributed by atoms with Gasteiger partial charge in [-0.15, -0.1) is 0 Å². The highest BCUT2D eigenvalue weighted by molar-refractivity contribution is 6.02. The van der Waals surface area contributed by atoms with Crippen LogP contribution in [0.15, 0.2) is 36.4 Å². The molecule has 1 amide bonds. The summed E-state index contributed by atoms with van der Waals surface area (Å²) in [5, 5.41) is 9.41. The smallest absolute Gasteiger partial charge is 0.310 e. The molecule has 3 heterocycles. The number of carbonyl (C=O) groups excluding carboxylic acids is 1. The normalized spacial score (nSPS) is 36.3. The monoisotopic (exact) mass is 285 g/mol. The number of carboxylic acid groups (broad SMARTS) is 1. The van der Waals surface area contributed by atoms with Gasteiger partial charge in [-0.05, 0) is 19.1 Å². The first kappa shape index (κ1) is 12.6. The average molecular weight is 285 g/mol. The van der Waals surface area contributed by atoms with E-state index in [-0.39, 0.29) is 5.91 Å². The quantitative estimate of drug-likeness (QED) is 0.833. The number of carbonyl (C=O) groups is 2. The van der Waals surface area contributed by atoms with E-state index in [4.69, 9.17) is 4.74 Å². The van der Waals surface area contributed by atoms with Gasteiger partial charge in [0.05, 0.1) is 18.6 Å². The van der Waals surface area contributed by atoms with Gasteiger partial charge < -0.3 is 14.7 Å². The van der Waals surface area contributed by atoms with E-state index in [2.05, 4.69) is 0 Å². The molecule has 0 aromatic heterocycles. The number of aliphatic carboxylic acids is 1. The number of hydrogen-bond donors (Lipinski definition) is 1. The molecular formula is C16H15NO4. The molecule has 0 unspecified atom stereocenters. The molecule has 5 heteroatoms. The predicted molar refractivity (Wildman–Crippen MR) is 74.9 cm³/mol. The molecule has 0 aliphatic carbocycles. The molecule has 1 aromatic carbocycles. The van der Waals surface area contributed by atoms with E-state index in [0.717, 1.165) is 11.3 Å². The zero-order valence-electron chi connectivity index (χ0n) is 11.5. The Labute approximate surface area is 121 Å². The number of anilines is 1. The SMILES string of the molecule is Cc1ccc(N2C[C@]34C=C[C@@H](O3)[C@@H](C(=O)O)[C@@H]4C2=O)cc1. The Hall–Kier alpha value is -2.14. The van der Waals surface area contributed by atoms with E-state index in [9.17, 15) is 14.7 Å². The molecule has 1 spiro atoms. The summed E-state index contributed by atoms with van der Waals surface area (Å²) >= 11 is 0. The van der Waals surface area contributed by atoms with Crippen molar-refractivity contribution >= 4 is 17.6 Å². The Kier molecular flexibility index (Phi) is 2.37. The van der Waals surface area contributed by atoms with Crippen LogP contribution in [0.25, 0.3) is 0 Å². The molecule has 3 aliphatic rings. The summed E-state index contributed by atoms with van der Waals surface area (Å²) in [6, 6.07) is 7.65. The fraction of sp³-hybridized carbons (Fsp3) is 0.375. The summed E-state index contributed by atoms with van der Waals surface area (Å²) in [4.78, 5) is 25.8. The van der Waals surface area contributed by atoms with Gasteiger partial charge in [0.25, 0.3) is 0 Å². The van der Waals surface area contributed by atoms with Crippen LogP contribution < -0.4 is 4.90 Å². The number of rotatable bonds is 2.